The summed E-state index contributed by atoms with van der Waals surface area (Å²) in [5.41, 5.74) is -0.382. The Morgan fingerprint density at radius 3 is 2.36 bits per heavy atom. The summed E-state index contributed by atoms with van der Waals surface area (Å²) >= 11 is 5.62. The van der Waals surface area contributed by atoms with E-state index in [0.717, 1.165) is 6.07 Å². The Labute approximate surface area is 82.9 Å². The fourth-order valence-corrected chi connectivity index (χ4v) is 1.58. The molecular weight excluding hydrogens is 210 g/mol. The second-order valence-corrected chi connectivity index (χ2v) is 3.17. The normalized spacial score (nSPS) is 14.1. The van der Waals surface area contributed by atoms with Gasteiger partial charge >= 0.3 is 0 Å². The Bertz CT molecular complexity index is 469. The summed E-state index contributed by atoms with van der Waals surface area (Å²) in [6.07, 6.45) is 0. The molecule has 1 aromatic carbocycles. The molecule has 0 spiro atoms. The van der Waals surface area contributed by atoms with Gasteiger partial charge in [-0.15, -0.1) is 0 Å². The molecule has 0 saturated carbocycles. The molecule has 0 aliphatic carbocycles. The minimum Gasteiger partial charge on any atom is -0.504 e. The van der Waals surface area contributed by atoms with E-state index >= 15 is 0 Å². The van der Waals surface area contributed by atoms with Gasteiger partial charge in [0.1, 0.15) is 0 Å². The minimum absolute atomic E-state index is 0.0707. The number of imide groups is 1. The van der Waals surface area contributed by atoms with Gasteiger partial charge in [-0.1, -0.05) is 11.6 Å². The number of aromatic hydroxyl groups is 2. The van der Waals surface area contributed by atoms with Crippen LogP contribution < -0.4 is 5.32 Å². The Morgan fingerprint density at radius 2 is 1.71 bits per heavy atom. The zero-order valence-corrected chi connectivity index (χ0v) is 7.42. The van der Waals surface area contributed by atoms with Gasteiger partial charge in [0.15, 0.2) is 11.5 Å². The molecule has 0 bridgehead atoms. The lowest BCUT2D eigenvalue weighted by molar-refractivity contribution is 0.0879. The molecule has 0 saturated heterocycles. The van der Waals surface area contributed by atoms with Crippen LogP contribution in [-0.4, -0.2) is 22.0 Å². The number of carbonyl (C=O) groups is 2. The summed E-state index contributed by atoms with van der Waals surface area (Å²) < 4.78 is 0. The van der Waals surface area contributed by atoms with Crippen LogP contribution in [0.15, 0.2) is 6.07 Å². The third-order valence-electron chi connectivity index (χ3n) is 1.91. The second-order valence-electron chi connectivity index (χ2n) is 2.76. The first-order chi connectivity index (χ1) is 6.52. The van der Waals surface area contributed by atoms with Crippen LogP contribution in [-0.2, 0) is 0 Å². The molecule has 6 heteroatoms. The van der Waals surface area contributed by atoms with Crippen LogP contribution >= 0.6 is 11.6 Å². The van der Waals surface area contributed by atoms with Crippen molar-refractivity contribution in [3.63, 3.8) is 0 Å². The van der Waals surface area contributed by atoms with Crippen molar-refractivity contribution < 1.29 is 19.8 Å². The molecule has 2 amide bonds. The Kier molecular flexibility index (Phi) is 1.65. The number of fused-ring (bicyclic) bond motifs is 1. The SMILES string of the molecule is O=C1NC(=O)c2c(O)c(O)cc(Cl)c21. The number of phenolic OH excluding ortho intramolecular Hbond substituents is 2. The summed E-state index contributed by atoms with van der Waals surface area (Å²) in [7, 11) is 0. The Hall–Kier alpha value is -1.75. The van der Waals surface area contributed by atoms with Crippen molar-refractivity contribution in [2.24, 2.45) is 0 Å². The molecule has 1 aromatic rings. The lowest BCUT2D eigenvalue weighted by atomic mass is 10.1. The maximum Gasteiger partial charge on any atom is 0.262 e. The lowest BCUT2D eigenvalue weighted by Crippen LogP contribution is -2.20. The summed E-state index contributed by atoms with van der Waals surface area (Å²) in [6.45, 7) is 0. The van der Waals surface area contributed by atoms with Gasteiger partial charge in [0.25, 0.3) is 11.8 Å². The summed E-state index contributed by atoms with van der Waals surface area (Å²) in [6, 6.07) is 1.01. The molecule has 1 aliphatic heterocycles. The number of amides is 2. The lowest BCUT2D eigenvalue weighted by Gasteiger charge is -2.02. The molecular formula is C8H4ClNO4. The zero-order chi connectivity index (χ0) is 10.5. The number of rotatable bonds is 0. The maximum atomic E-state index is 11.2. The van der Waals surface area contributed by atoms with Crippen LogP contribution in [0.1, 0.15) is 20.7 Å². The second kappa shape index (κ2) is 2.62. The molecule has 0 radical (unpaired) electrons. The monoisotopic (exact) mass is 213 g/mol. The van der Waals surface area contributed by atoms with Gasteiger partial charge < -0.3 is 10.2 Å². The molecule has 0 fully saturated rings. The van der Waals surface area contributed by atoms with E-state index in [1.165, 1.54) is 0 Å². The largest absolute Gasteiger partial charge is 0.504 e. The Morgan fingerprint density at radius 1 is 1.14 bits per heavy atom. The van der Waals surface area contributed by atoms with Crippen LogP contribution in [0.4, 0.5) is 0 Å². The molecule has 14 heavy (non-hydrogen) atoms. The van der Waals surface area contributed by atoms with E-state index in [9.17, 15) is 14.7 Å². The van der Waals surface area contributed by atoms with E-state index in [2.05, 4.69) is 0 Å². The van der Waals surface area contributed by atoms with Crippen molar-refractivity contribution >= 4 is 23.4 Å². The molecule has 5 nitrogen and oxygen atoms in total. The van der Waals surface area contributed by atoms with Crippen molar-refractivity contribution in [2.45, 2.75) is 0 Å². The molecule has 1 aliphatic rings. The Balaban J connectivity index is 2.86. The van der Waals surface area contributed by atoms with Crippen molar-refractivity contribution in [1.29, 1.82) is 0 Å². The first kappa shape index (κ1) is 8.83. The standard InChI is InChI=1S/C8H4ClNO4/c9-2-1-3(11)6(12)5-4(2)7(13)10-8(5)14/h1,11-12H,(H,10,13,14). The van der Waals surface area contributed by atoms with Crippen molar-refractivity contribution in [1.82, 2.24) is 5.32 Å². The van der Waals surface area contributed by atoms with Gasteiger partial charge in [-0.05, 0) is 0 Å². The van der Waals surface area contributed by atoms with Crippen molar-refractivity contribution in [3.05, 3.63) is 22.2 Å². The van der Waals surface area contributed by atoms with Gasteiger partial charge in [0.2, 0.25) is 0 Å². The average Bonchev–Trinajstić information content (AvgIpc) is 2.38. The first-order valence-electron chi connectivity index (χ1n) is 3.62. The molecule has 2 rings (SSSR count). The van der Waals surface area contributed by atoms with Gasteiger partial charge in [0.05, 0.1) is 16.1 Å². The van der Waals surface area contributed by atoms with E-state index in [1.807, 2.05) is 5.32 Å². The molecule has 0 atom stereocenters. The number of carbonyl (C=O) groups excluding carboxylic acids is 2. The number of hydrogen-bond acceptors (Lipinski definition) is 4. The number of hydrogen-bond donors (Lipinski definition) is 3. The van der Waals surface area contributed by atoms with Crippen LogP contribution in [0.3, 0.4) is 0 Å². The van der Waals surface area contributed by atoms with E-state index < -0.39 is 23.3 Å². The van der Waals surface area contributed by atoms with Crippen LogP contribution in [0.5, 0.6) is 11.5 Å². The number of nitrogens with one attached hydrogen (secondary N) is 1. The summed E-state index contributed by atoms with van der Waals surface area (Å²) in [5.74, 6) is -2.60. The predicted octanol–water partition coefficient (Wildman–Crippen LogP) is 0.635. The van der Waals surface area contributed by atoms with Crippen LogP contribution in [0.25, 0.3) is 0 Å². The first-order valence-corrected chi connectivity index (χ1v) is 4.00. The highest BCUT2D eigenvalue weighted by Gasteiger charge is 2.33. The number of benzene rings is 1. The topological polar surface area (TPSA) is 86.6 Å². The van der Waals surface area contributed by atoms with Crippen molar-refractivity contribution in [2.75, 3.05) is 0 Å². The van der Waals surface area contributed by atoms with E-state index in [4.69, 9.17) is 16.7 Å². The fraction of sp³-hybridized carbons (Fsp3) is 0. The third-order valence-corrected chi connectivity index (χ3v) is 2.21. The van der Waals surface area contributed by atoms with E-state index in [0.29, 0.717) is 0 Å². The fourth-order valence-electron chi connectivity index (χ4n) is 1.30. The van der Waals surface area contributed by atoms with Crippen LogP contribution in [0, 0.1) is 0 Å². The summed E-state index contributed by atoms with van der Waals surface area (Å²) in [5, 5.41) is 20.3. The quantitative estimate of drug-likeness (QED) is 0.436. The zero-order valence-electron chi connectivity index (χ0n) is 6.67. The summed E-state index contributed by atoms with van der Waals surface area (Å²) in [4.78, 5) is 22.3. The predicted molar refractivity (Wildman–Crippen MR) is 46.6 cm³/mol. The smallest absolute Gasteiger partial charge is 0.262 e. The molecule has 0 aromatic heterocycles. The highest BCUT2D eigenvalue weighted by Crippen LogP contribution is 2.38. The van der Waals surface area contributed by atoms with E-state index in [-0.39, 0.29) is 16.1 Å². The van der Waals surface area contributed by atoms with Gasteiger partial charge in [-0.2, -0.15) is 0 Å². The maximum absolute atomic E-state index is 11.2. The van der Waals surface area contributed by atoms with Crippen molar-refractivity contribution in [3.8, 4) is 11.5 Å². The van der Waals surface area contributed by atoms with Gasteiger partial charge in [0, 0.05) is 6.07 Å². The highest BCUT2D eigenvalue weighted by atomic mass is 35.5. The minimum atomic E-state index is -0.764. The highest BCUT2D eigenvalue weighted by molar-refractivity contribution is 6.38. The molecule has 0 unspecified atom stereocenters. The van der Waals surface area contributed by atoms with Gasteiger partial charge in [-0.25, -0.2) is 0 Å². The van der Waals surface area contributed by atoms with E-state index in [1.54, 1.807) is 0 Å². The van der Waals surface area contributed by atoms with Gasteiger partial charge in [-0.3, -0.25) is 14.9 Å². The third kappa shape index (κ3) is 0.958. The number of halogens is 1. The average molecular weight is 214 g/mol. The molecule has 1 heterocycles. The number of phenols is 2. The van der Waals surface area contributed by atoms with Crippen LogP contribution in [0.2, 0.25) is 5.02 Å². The molecule has 3 N–H and O–H groups in total. The molecule has 72 valence electrons.